The smallest absolute Gasteiger partial charge is 0.224 e. The van der Waals surface area contributed by atoms with Crippen molar-refractivity contribution in [3.8, 4) is 0 Å². The van der Waals surface area contributed by atoms with Gasteiger partial charge in [0.05, 0.1) is 0 Å². The van der Waals surface area contributed by atoms with Crippen LogP contribution in [0.15, 0.2) is 84.0 Å². The Morgan fingerprint density at radius 3 is 2.37 bits per heavy atom. The first-order valence-electron chi connectivity index (χ1n) is 8.70. The van der Waals surface area contributed by atoms with Crippen molar-refractivity contribution >= 4 is 29.1 Å². The summed E-state index contributed by atoms with van der Waals surface area (Å²) in [6.07, 6.45) is 4.00. The molecular formula is C22H20N2O2S. The van der Waals surface area contributed by atoms with Gasteiger partial charge in [0.2, 0.25) is 5.91 Å². The van der Waals surface area contributed by atoms with Crippen LogP contribution in [0.2, 0.25) is 0 Å². The lowest BCUT2D eigenvalue weighted by atomic mass is 10.1. The molecule has 0 aliphatic rings. The van der Waals surface area contributed by atoms with E-state index in [0.29, 0.717) is 5.56 Å². The van der Waals surface area contributed by atoms with E-state index in [1.54, 1.807) is 30.1 Å². The Hall–Kier alpha value is -2.92. The third-order valence-corrected chi connectivity index (χ3v) is 5.02. The number of ketones is 1. The van der Waals surface area contributed by atoms with E-state index in [0.717, 1.165) is 16.3 Å². The second kappa shape index (κ2) is 9.69. The van der Waals surface area contributed by atoms with Crippen LogP contribution in [-0.2, 0) is 10.5 Å². The van der Waals surface area contributed by atoms with Crippen molar-refractivity contribution in [2.45, 2.75) is 23.5 Å². The molecule has 0 atom stereocenters. The Bertz CT molecular complexity index is 881. The molecule has 1 aromatic heterocycles. The number of nitrogens with zero attached hydrogens (tertiary/aromatic N) is 1. The van der Waals surface area contributed by atoms with Crippen molar-refractivity contribution in [1.29, 1.82) is 0 Å². The van der Waals surface area contributed by atoms with Gasteiger partial charge in [-0.15, -0.1) is 11.8 Å². The van der Waals surface area contributed by atoms with Gasteiger partial charge in [-0.2, -0.15) is 0 Å². The highest BCUT2D eigenvalue weighted by atomic mass is 32.2. The molecule has 0 unspecified atom stereocenters. The van der Waals surface area contributed by atoms with E-state index in [-0.39, 0.29) is 24.5 Å². The Labute approximate surface area is 163 Å². The zero-order valence-electron chi connectivity index (χ0n) is 14.8. The number of rotatable bonds is 8. The van der Waals surface area contributed by atoms with Crippen LogP contribution in [-0.4, -0.2) is 16.7 Å². The van der Waals surface area contributed by atoms with Gasteiger partial charge in [0.25, 0.3) is 0 Å². The van der Waals surface area contributed by atoms with Crippen molar-refractivity contribution in [2.24, 2.45) is 0 Å². The molecule has 0 spiro atoms. The molecule has 0 fully saturated rings. The summed E-state index contributed by atoms with van der Waals surface area (Å²) in [7, 11) is 0. The summed E-state index contributed by atoms with van der Waals surface area (Å²) in [5.74, 6) is 0.671. The number of Topliss-reactive ketones (excluding diaryl/α,β-unsaturated/α-hetero) is 1. The first-order chi connectivity index (χ1) is 13.2. The fourth-order valence-corrected chi connectivity index (χ4v) is 3.34. The predicted octanol–water partition coefficient (Wildman–Crippen LogP) is 4.98. The Morgan fingerprint density at radius 1 is 0.889 bits per heavy atom. The van der Waals surface area contributed by atoms with Crippen molar-refractivity contribution in [3.63, 3.8) is 0 Å². The van der Waals surface area contributed by atoms with Gasteiger partial charge in [-0.25, -0.2) is 0 Å². The van der Waals surface area contributed by atoms with Gasteiger partial charge in [0.1, 0.15) is 0 Å². The first kappa shape index (κ1) is 18.9. The minimum atomic E-state index is -0.157. The number of hydrogen-bond donors (Lipinski definition) is 1. The van der Waals surface area contributed by atoms with E-state index in [1.807, 2.05) is 60.8 Å². The van der Waals surface area contributed by atoms with E-state index in [1.165, 1.54) is 5.56 Å². The molecule has 4 nitrogen and oxygen atoms in total. The maximum atomic E-state index is 12.1. The number of hydrogen-bond acceptors (Lipinski definition) is 4. The third kappa shape index (κ3) is 6.08. The molecule has 1 amide bonds. The van der Waals surface area contributed by atoms with Crippen molar-refractivity contribution in [3.05, 3.63) is 90.3 Å². The highest BCUT2D eigenvalue weighted by Gasteiger charge is 2.09. The molecule has 0 saturated heterocycles. The van der Waals surface area contributed by atoms with Crippen LogP contribution in [0.25, 0.3) is 0 Å². The molecule has 0 bridgehead atoms. The molecule has 27 heavy (non-hydrogen) atoms. The number of pyridine rings is 1. The number of benzene rings is 2. The van der Waals surface area contributed by atoms with Crippen LogP contribution in [0.3, 0.4) is 0 Å². The maximum absolute atomic E-state index is 12.1. The third-order valence-electron chi connectivity index (χ3n) is 3.94. The molecular weight excluding hydrogens is 356 g/mol. The molecule has 2 aromatic carbocycles. The maximum Gasteiger partial charge on any atom is 0.224 e. The number of amides is 1. The van der Waals surface area contributed by atoms with Gasteiger partial charge in [0, 0.05) is 47.1 Å². The fourth-order valence-electron chi connectivity index (χ4n) is 2.50. The van der Waals surface area contributed by atoms with Crippen LogP contribution in [0.1, 0.15) is 28.8 Å². The van der Waals surface area contributed by atoms with Crippen LogP contribution in [0, 0.1) is 0 Å². The number of nitrogens with one attached hydrogen (secondary N) is 1. The van der Waals surface area contributed by atoms with Gasteiger partial charge >= 0.3 is 0 Å². The summed E-state index contributed by atoms with van der Waals surface area (Å²) < 4.78 is 0. The van der Waals surface area contributed by atoms with E-state index in [2.05, 4.69) is 10.3 Å². The van der Waals surface area contributed by atoms with E-state index in [4.69, 9.17) is 0 Å². The molecule has 0 aliphatic carbocycles. The van der Waals surface area contributed by atoms with Gasteiger partial charge < -0.3 is 5.32 Å². The van der Waals surface area contributed by atoms with Gasteiger partial charge in [-0.3, -0.25) is 14.6 Å². The standard InChI is InChI=1S/C22H20N2O2S/c25-21(18-6-2-1-3-7-18)12-13-22(26)24-19-8-10-20(11-9-19)27-16-17-5-4-14-23-15-17/h1-11,14-15H,12-13,16H2,(H,24,26). The topological polar surface area (TPSA) is 59.1 Å². The highest BCUT2D eigenvalue weighted by molar-refractivity contribution is 7.98. The Balaban J connectivity index is 1.45. The Kier molecular flexibility index (Phi) is 6.77. The SMILES string of the molecule is O=C(CCC(=O)c1ccccc1)Nc1ccc(SCc2cccnc2)cc1. The number of anilines is 1. The van der Waals surface area contributed by atoms with Crippen molar-refractivity contribution in [2.75, 3.05) is 5.32 Å². The summed E-state index contributed by atoms with van der Waals surface area (Å²) >= 11 is 1.72. The largest absolute Gasteiger partial charge is 0.326 e. The lowest BCUT2D eigenvalue weighted by Gasteiger charge is -2.07. The lowest BCUT2D eigenvalue weighted by Crippen LogP contribution is -2.13. The number of aromatic nitrogens is 1. The lowest BCUT2D eigenvalue weighted by molar-refractivity contribution is -0.116. The molecule has 0 radical (unpaired) electrons. The zero-order valence-corrected chi connectivity index (χ0v) is 15.6. The summed E-state index contributed by atoms with van der Waals surface area (Å²) in [4.78, 5) is 29.3. The van der Waals surface area contributed by atoms with Gasteiger partial charge in [-0.05, 0) is 35.9 Å². The van der Waals surface area contributed by atoms with Crippen LogP contribution < -0.4 is 5.32 Å². The van der Waals surface area contributed by atoms with Crippen LogP contribution in [0.4, 0.5) is 5.69 Å². The normalized spacial score (nSPS) is 10.4. The summed E-state index contributed by atoms with van der Waals surface area (Å²) in [6.45, 7) is 0. The van der Waals surface area contributed by atoms with Crippen molar-refractivity contribution < 1.29 is 9.59 Å². The second-order valence-corrected chi connectivity index (χ2v) is 7.06. The zero-order chi connectivity index (χ0) is 18.9. The first-order valence-corrected chi connectivity index (χ1v) is 9.69. The molecule has 3 aromatic rings. The van der Waals surface area contributed by atoms with Crippen LogP contribution in [0.5, 0.6) is 0 Å². The minimum Gasteiger partial charge on any atom is -0.326 e. The minimum absolute atomic E-state index is 0.0205. The van der Waals surface area contributed by atoms with E-state index in [9.17, 15) is 9.59 Å². The van der Waals surface area contributed by atoms with Crippen LogP contribution >= 0.6 is 11.8 Å². The fraction of sp³-hybridized carbons (Fsp3) is 0.136. The molecule has 5 heteroatoms. The molecule has 3 rings (SSSR count). The average molecular weight is 376 g/mol. The van der Waals surface area contributed by atoms with Gasteiger partial charge in [0.15, 0.2) is 5.78 Å². The summed E-state index contributed by atoms with van der Waals surface area (Å²) in [5.41, 5.74) is 2.54. The molecule has 0 saturated carbocycles. The number of carbonyl (C=O) groups is 2. The quantitative estimate of drug-likeness (QED) is 0.445. The van der Waals surface area contributed by atoms with E-state index >= 15 is 0 Å². The molecule has 136 valence electrons. The monoisotopic (exact) mass is 376 g/mol. The Morgan fingerprint density at radius 2 is 1.67 bits per heavy atom. The summed E-state index contributed by atoms with van der Waals surface area (Å²) in [6, 6.07) is 20.7. The average Bonchev–Trinajstić information content (AvgIpc) is 2.73. The van der Waals surface area contributed by atoms with E-state index < -0.39 is 0 Å². The van der Waals surface area contributed by atoms with Crippen molar-refractivity contribution in [1.82, 2.24) is 4.98 Å². The second-order valence-electron chi connectivity index (χ2n) is 6.01. The molecule has 0 aliphatic heterocycles. The highest BCUT2D eigenvalue weighted by Crippen LogP contribution is 2.24. The predicted molar refractivity (Wildman–Crippen MR) is 109 cm³/mol. The molecule has 1 heterocycles. The number of carbonyl (C=O) groups excluding carboxylic acids is 2. The number of thioether (sulfide) groups is 1. The molecule has 1 N–H and O–H groups in total. The van der Waals surface area contributed by atoms with Gasteiger partial charge in [-0.1, -0.05) is 36.4 Å². The summed E-state index contributed by atoms with van der Waals surface area (Å²) in [5, 5.41) is 2.84.